The first-order chi connectivity index (χ1) is 11.2. The highest BCUT2D eigenvalue weighted by molar-refractivity contribution is 7.87. The predicted octanol–water partition coefficient (Wildman–Crippen LogP) is -2.33. The van der Waals surface area contributed by atoms with Crippen LogP contribution in [-0.4, -0.2) is 70.7 Å². The van der Waals surface area contributed by atoms with Gasteiger partial charge in [-0.25, -0.2) is 0 Å². The summed E-state index contributed by atoms with van der Waals surface area (Å²) in [6.45, 7) is 3.05. The maximum absolute atomic E-state index is 12.6. The van der Waals surface area contributed by atoms with Crippen LogP contribution < -0.4 is 16.2 Å². The molecule has 10 nitrogen and oxygen atoms in total. The van der Waals surface area contributed by atoms with Gasteiger partial charge in [-0.05, 0) is 33.0 Å². The lowest BCUT2D eigenvalue weighted by Crippen LogP contribution is -2.56. The largest absolute Gasteiger partial charge is 0.480 e. The number of nitrogens with zero attached hydrogens (tertiary/aromatic N) is 1. The summed E-state index contributed by atoms with van der Waals surface area (Å²) >= 11 is 0. The van der Waals surface area contributed by atoms with Crippen molar-refractivity contribution in [3.8, 4) is 0 Å². The van der Waals surface area contributed by atoms with Crippen molar-refractivity contribution in [3.05, 3.63) is 0 Å². The van der Waals surface area contributed by atoms with Crippen molar-refractivity contribution in [1.29, 1.82) is 0 Å². The van der Waals surface area contributed by atoms with Gasteiger partial charge in [0.25, 0.3) is 10.2 Å². The van der Waals surface area contributed by atoms with Crippen molar-refractivity contribution in [2.75, 3.05) is 13.1 Å². The van der Waals surface area contributed by atoms with Gasteiger partial charge < -0.3 is 26.6 Å². The first kappa shape index (κ1) is 20.6. The summed E-state index contributed by atoms with van der Waals surface area (Å²) in [7, 11) is -5.43. The molecule has 25 heavy (non-hydrogen) atoms. The van der Waals surface area contributed by atoms with Crippen LogP contribution in [0.1, 0.15) is 33.1 Å². The molecule has 1 aliphatic carbocycles. The lowest BCUT2D eigenvalue weighted by Gasteiger charge is -2.25. The standard InChI is InChI=1S/C13H27BN4O6S/c1-11(15)7-12(11,2)17-25(23,24)18-6-9(4-3-5-14(21)22)13(16,8-18)10(19)20/h9,17,21-22H,3-8,15-16H2,1-2H3,(H,19,20)/t9-,11?,12?,13-/m0/s1. The van der Waals surface area contributed by atoms with Crippen LogP contribution in [0, 0.1) is 5.92 Å². The van der Waals surface area contributed by atoms with Gasteiger partial charge in [-0.1, -0.05) is 6.42 Å². The van der Waals surface area contributed by atoms with E-state index in [9.17, 15) is 18.3 Å². The number of carboxylic acid groups (broad SMARTS) is 1. The van der Waals surface area contributed by atoms with Gasteiger partial charge in [0, 0.05) is 24.5 Å². The summed E-state index contributed by atoms with van der Waals surface area (Å²) in [5.41, 5.74) is 8.82. The molecule has 1 heterocycles. The van der Waals surface area contributed by atoms with E-state index >= 15 is 0 Å². The van der Waals surface area contributed by atoms with Crippen LogP contribution in [0.3, 0.4) is 0 Å². The summed E-state index contributed by atoms with van der Waals surface area (Å²) in [6, 6.07) is 0. The predicted molar refractivity (Wildman–Crippen MR) is 91.5 cm³/mol. The summed E-state index contributed by atoms with van der Waals surface area (Å²) in [6.07, 6.45) is 1.16. The molecule has 0 aromatic carbocycles. The maximum Gasteiger partial charge on any atom is 0.451 e. The Bertz CT molecular complexity index is 644. The van der Waals surface area contributed by atoms with Crippen molar-refractivity contribution in [2.24, 2.45) is 17.4 Å². The van der Waals surface area contributed by atoms with Crippen LogP contribution >= 0.6 is 0 Å². The topological polar surface area (TPSA) is 179 Å². The van der Waals surface area contributed by atoms with Gasteiger partial charge in [0.1, 0.15) is 5.54 Å². The van der Waals surface area contributed by atoms with E-state index in [1.807, 2.05) is 0 Å². The Balaban J connectivity index is 2.11. The minimum absolute atomic E-state index is 0.0446. The highest BCUT2D eigenvalue weighted by atomic mass is 32.2. The Hall–Kier alpha value is -0.755. The van der Waals surface area contributed by atoms with Gasteiger partial charge in [0.2, 0.25) is 0 Å². The monoisotopic (exact) mass is 378 g/mol. The molecule has 2 aliphatic rings. The number of nitrogens with one attached hydrogen (secondary N) is 1. The molecule has 1 saturated heterocycles. The van der Waals surface area contributed by atoms with Gasteiger partial charge in [-0.2, -0.15) is 17.4 Å². The first-order valence-electron chi connectivity index (χ1n) is 8.20. The van der Waals surface area contributed by atoms with E-state index in [-0.39, 0.29) is 25.8 Å². The normalized spacial score (nSPS) is 38.7. The highest BCUT2D eigenvalue weighted by Crippen LogP contribution is 2.45. The first-order valence-corrected chi connectivity index (χ1v) is 9.64. The van der Waals surface area contributed by atoms with Crippen LogP contribution in [0.15, 0.2) is 0 Å². The Morgan fingerprint density at radius 1 is 1.36 bits per heavy atom. The van der Waals surface area contributed by atoms with E-state index in [1.54, 1.807) is 13.8 Å². The number of nitrogens with two attached hydrogens (primary N) is 2. The summed E-state index contributed by atoms with van der Waals surface area (Å²) < 4.78 is 28.9. The van der Waals surface area contributed by atoms with Crippen molar-refractivity contribution < 1.29 is 28.4 Å². The molecule has 1 saturated carbocycles. The highest BCUT2D eigenvalue weighted by Gasteiger charge is 2.62. The summed E-state index contributed by atoms with van der Waals surface area (Å²) in [4.78, 5) is 11.6. The summed E-state index contributed by atoms with van der Waals surface area (Å²) in [5, 5.41) is 27.3. The minimum Gasteiger partial charge on any atom is -0.480 e. The van der Waals surface area contributed by atoms with E-state index in [0.29, 0.717) is 12.8 Å². The molecule has 2 fully saturated rings. The van der Waals surface area contributed by atoms with Gasteiger partial charge in [-0.15, -0.1) is 0 Å². The zero-order chi connectivity index (χ0) is 19.3. The van der Waals surface area contributed by atoms with Gasteiger partial charge >= 0.3 is 13.1 Å². The number of rotatable bonds is 8. The Labute approximate surface area is 147 Å². The fourth-order valence-electron chi connectivity index (χ4n) is 3.41. The number of aliphatic carboxylic acids is 1. The second-order valence-corrected chi connectivity index (χ2v) is 9.45. The van der Waals surface area contributed by atoms with E-state index in [1.165, 1.54) is 0 Å². The smallest absolute Gasteiger partial charge is 0.451 e. The van der Waals surface area contributed by atoms with Crippen LogP contribution in [-0.2, 0) is 15.0 Å². The molecule has 0 radical (unpaired) electrons. The molecule has 8 N–H and O–H groups in total. The molecular formula is C13H27BN4O6S. The van der Waals surface area contributed by atoms with Gasteiger partial charge in [0.05, 0.1) is 5.54 Å². The maximum atomic E-state index is 12.6. The third kappa shape index (κ3) is 4.00. The third-order valence-electron chi connectivity index (χ3n) is 5.55. The molecule has 0 aromatic heterocycles. The van der Waals surface area contributed by atoms with Gasteiger partial charge in [-0.3, -0.25) is 4.79 Å². The molecule has 2 unspecified atom stereocenters. The van der Waals surface area contributed by atoms with Gasteiger partial charge in [0.15, 0.2) is 0 Å². The molecule has 2 rings (SSSR count). The summed E-state index contributed by atoms with van der Waals surface area (Å²) in [5.74, 6) is -1.90. The Kier molecular flexibility index (Phi) is 5.30. The average Bonchev–Trinajstić information content (AvgIpc) is 2.76. The SMILES string of the molecule is CC1(N)CC1(C)NS(=O)(=O)N1C[C@H](CCCB(O)O)[C@](N)(C(=O)O)C1. The average molecular weight is 378 g/mol. The van der Waals surface area contributed by atoms with E-state index in [2.05, 4.69) is 4.72 Å². The lowest BCUT2D eigenvalue weighted by molar-refractivity contribution is -0.144. The molecule has 0 amide bonds. The fraction of sp³-hybridized carbons (Fsp3) is 0.923. The molecular weight excluding hydrogens is 351 g/mol. The Morgan fingerprint density at radius 3 is 2.36 bits per heavy atom. The Morgan fingerprint density at radius 2 is 1.92 bits per heavy atom. The minimum atomic E-state index is -3.94. The number of carboxylic acids is 1. The van der Waals surface area contributed by atoms with Crippen molar-refractivity contribution >= 4 is 23.3 Å². The molecule has 12 heteroatoms. The second kappa shape index (κ2) is 6.45. The molecule has 1 aliphatic heterocycles. The van der Waals surface area contributed by atoms with E-state index in [4.69, 9.17) is 21.5 Å². The lowest BCUT2D eigenvalue weighted by atomic mass is 9.78. The van der Waals surface area contributed by atoms with Crippen LogP contribution in [0.2, 0.25) is 6.32 Å². The van der Waals surface area contributed by atoms with Crippen molar-refractivity contribution in [1.82, 2.24) is 9.03 Å². The second-order valence-electron chi connectivity index (χ2n) is 7.78. The zero-order valence-corrected chi connectivity index (χ0v) is 15.3. The number of hydrogen-bond acceptors (Lipinski definition) is 7. The molecule has 144 valence electrons. The molecule has 0 spiro atoms. The zero-order valence-electron chi connectivity index (χ0n) is 14.5. The number of carbonyl (C=O) groups is 1. The molecule has 4 atom stereocenters. The van der Waals surface area contributed by atoms with Crippen molar-refractivity contribution in [2.45, 2.75) is 56.0 Å². The molecule has 0 bridgehead atoms. The fourth-order valence-corrected chi connectivity index (χ4v) is 5.17. The van der Waals surface area contributed by atoms with Crippen LogP contribution in [0.25, 0.3) is 0 Å². The number of hydrogen-bond donors (Lipinski definition) is 6. The third-order valence-corrected chi connectivity index (χ3v) is 7.22. The van der Waals surface area contributed by atoms with Crippen molar-refractivity contribution in [3.63, 3.8) is 0 Å². The van der Waals surface area contributed by atoms with Crippen LogP contribution in [0.4, 0.5) is 0 Å². The molecule has 0 aromatic rings. The van der Waals surface area contributed by atoms with E-state index < -0.39 is 45.8 Å². The van der Waals surface area contributed by atoms with Crippen LogP contribution in [0.5, 0.6) is 0 Å². The van der Waals surface area contributed by atoms with E-state index in [0.717, 1.165) is 4.31 Å². The quantitative estimate of drug-likeness (QED) is 0.254.